The number of rotatable bonds is 6. The van der Waals surface area contributed by atoms with Crippen LogP contribution in [-0.2, 0) is 25.7 Å². The first-order valence-corrected chi connectivity index (χ1v) is 7.38. The van der Waals surface area contributed by atoms with Crippen molar-refractivity contribution in [2.75, 3.05) is 13.2 Å². The molecule has 1 atom stereocenters. The summed E-state index contributed by atoms with van der Waals surface area (Å²) in [7, 11) is 0. The van der Waals surface area contributed by atoms with Gasteiger partial charge in [0.1, 0.15) is 6.04 Å². The van der Waals surface area contributed by atoms with Gasteiger partial charge in [0.2, 0.25) is 11.8 Å². The average molecular weight is 304 g/mol. The second kappa shape index (κ2) is 7.59. The summed E-state index contributed by atoms with van der Waals surface area (Å²) in [6.45, 7) is 2.48. The first-order valence-electron chi connectivity index (χ1n) is 7.38. The highest BCUT2D eigenvalue weighted by Gasteiger charge is 2.32. The van der Waals surface area contributed by atoms with E-state index in [-0.39, 0.29) is 37.2 Å². The number of esters is 1. The monoisotopic (exact) mass is 304 g/mol. The molecular formula is C16H20N2O4. The topological polar surface area (TPSA) is 75.7 Å². The van der Waals surface area contributed by atoms with Crippen molar-refractivity contribution in [1.82, 2.24) is 10.2 Å². The van der Waals surface area contributed by atoms with Gasteiger partial charge in [-0.3, -0.25) is 14.4 Å². The molecule has 0 spiro atoms. The molecule has 118 valence electrons. The lowest BCUT2D eigenvalue weighted by atomic mass is 10.1. The number of carbonyl (C=O) groups excluding carboxylic acids is 3. The van der Waals surface area contributed by atoms with Crippen molar-refractivity contribution < 1.29 is 19.1 Å². The molecule has 0 radical (unpaired) electrons. The molecule has 2 rings (SSSR count). The Morgan fingerprint density at radius 2 is 2.05 bits per heavy atom. The fourth-order valence-corrected chi connectivity index (χ4v) is 2.40. The summed E-state index contributed by atoms with van der Waals surface area (Å²) in [5.74, 6) is -0.720. The molecule has 2 amide bonds. The van der Waals surface area contributed by atoms with Crippen molar-refractivity contribution >= 4 is 17.8 Å². The summed E-state index contributed by atoms with van der Waals surface area (Å²) in [6.07, 6.45) is 0.373. The van der Waals surface area contributed by atoms with Crippen LogP contribution in [0.1, 0.15) is 25.3 Å². The van der Waals surface area contributed by atoms with Crippen LogP contribution in [0.25, 0.3) is 0 Å². The highest BCUT2D eigenvalue weighted by Crippen LogP contribution is 2.12. The Bertz CT molecular complexity index is 544. The van der Waals surface area contributed by atoms with E-state index in [1.54, 1.807) is 6.92 Å². The molecule has 0 aliphatic carbocycles. The molecule has 1 aromatic rings. The van der Waals surface area contributed by atoms with E-state index in [4.69, 9.17) is 4.74 Å². The van der Waals surface area contributed by atoms with E-state index in [1.165, 1.54) is 4.90 Å². The third kappa shape index (κ3) is 4.31. The molecule has 0 aromatic heterocycles. The molecule has 6 heteroatoms. The van der Waals surface area contributed by atoms with Crippen LogP contribution in [0.5, 0.6) is 0 Å². The van der Waals surface area contributed by atoms with Crippen molar-refractivity contribution in [3.8, 4) is 0 Å². The number of carbonyl (C=O) groups is 3. The molecule has 1 unspecified atom stereocenters. The maximum atomic E-state index is 12.4. The fraction of sp³-hybridized carbons (Fsp3) is 0.438. The van der Waals surface area contributed by atoms with Crippen LogP contribution in [0.15, 0.2) is 30.3 Å². The second-order valence-electron chi connectivity index (χ2n) is 5.14. The van der Waals surface area contributed by atoms with Gasteiger partial charge < -0.3 is 15.0 Å². The van der Waals surface area contributed by atoms with E-state index in [2.05, 4.69) is 5.32 Å². The first kappa shape index (κ1) is 16.0. The second-order valence-corrected chi connectivity index (χ2v) is 5.14. The highest BCUT2D eigenvalue weighted by atomic mass is 16.5. The molecule has 1 fully saturated rings. The van der Waals surface area contributed by atoms with Crippen molar-refractivity contribution in [2.45, 2.75) is 32.4 Å². The zero-order valence-corrected chi connectivity index (χ0v) is 12.6. The van der Waals surface area contributed by atoms with Crippen molar-refractivity contribution in [3.63, 3.8) is 0 Å². The summed E-state index contributed by atoms with van der Waals surface area (Å²) in [5.41, 5.74) is 0.967. The van der Waals surface area contributed by atoms with Crippen LogP contribution < -0.4 is 5.32 Å². The molecule has 6 nitrogen and oxygen atoms in total. The number of piperazine rings is 1. The predicted molar refractivity (Wildman–Crippen MR) is 79.7 cm³/mol. The smallest absolute Gasteiger partial charge is 0.305 e. The van der Waals surface area contributed by atoms with Gasteiger partial charge in [-0.1, -0.05) is 30.3 Å². The Kier molecular flexibility index (Phi) is 5.52. The molecule has 22 heavy (non-hydrogen) atoms. The number of amides is 2. The Hall–Kier alpha value is -2.37. The van der Waals surface area contributed by atoms with Gasteiger partial charge >= 0.3 is 5.97 Å². The van der Waals surface area contributed by atoms with Gasteiger partial charge in [0.15, 0.2) is 0 Å². The van der Waals surface area contributed by atoms with Crippen LogP contribution in [0.2, 0.25) is 0 Å². The molecule has 1 saturated heterocycles. The lowest BCUT2D eigenvalue weighted by Gasteiger charge is -2.32. The average Bonchev–Trinajstić information content (AvgIpc) is 2.50. The largest absolute Gasteiger partial charge is 0.466 e. The normalized spacial score (nSPS) is 18.0. The van der Waals surface area contributed by atoms with E-state index >= 15 is 0 Å². The number of ether oxygens (including phenoxy) is 1. The Morgan fingerprint density at radius 1 is 1.32 bits per heavy atom. The van der Waals surface area contributed by atoms with Gasteiger partial charge in [-0.15, -0.1) is 0 Å². The van der Waals surface area contributed by atoms with Gasteiger partial charge in [0.25, 0.3) is 0 Å². The minimum Gasteiger partial charge on any atom is -0.466 e. The molecule has 1 N–H and O–H groups in total. The number of hydrogen-bond donors (Lipinski definition) is 1. The zero-order chi connectivity index (χ0) is 15.9. The number of nitrogens with one attached hydrogen (secondary N) is 1. The van der Waals surface area contributed by atoms with E-state index in [1.807, 2.05) is 30.3 Å². The molecule has 0 bridgehead atoms. The van der Waals surface area contributed by atoms with Crippen LogP contribution in [-0.4, -0.2) is 41.9 Å². The fourth-order valence-electron chi connectivity index (χ4n) is 2.40. The van der Waals surface area contributed by atoms with Crippen LogP contribution in [0, 0.1) is 0 Å². The van der Waals surface area contributed by atoms with Crippen LogP contribution in [0.3, 0.4) is 0 Å². The Labute approximate surface area is 129 Å². The minimum atomic E-state index is -0.658. The van der Waals surface area contributed by atoms with Crippen LogP contribution in [0.4, 0.5) is 0 Å². The molecule has 1 aromatic carbocycles. The van der Waals surface area contributed by atoms with E-state index in [0.717, 1.165) is 5.56 Å². The first-order chi connectivity index (χ1) is 10.6. The summed E-state index contributed by atoms with van der Waals surface area (Å²) >= 11 is 0. The number of nitrogens with zero attached hydrogens (tertiary/aromatic N) is 1. The van der Waals surface area contributed by atoms with Crippen LogP contribution >= 0.6 is 0 Å². The predicted octanol–water partition coefficient (Wildman–Crippen LogP) is 0.857. The minimum absolute atomic E-state index is 0.0453. The van der Waals surface area contributed by atoms with Crippen molar-refractivity contribution in [2.24, 2.45) is 0 Å². The van der Waals surface area contributed by atoms with E-state index in [0.29, 0.717) is 13.2 Å². The summed E-state index contributed by atoms with van der Waals surface area (Å²) in [4.78, 5) is 37.1. The maximum absolute atomic E-state index is 12.4. The summed E-state index contributed by atoms with van der Waals surface area (Å²) in [5, 5.41) is 2.64. The Morgan fingerprint density at radius 3 is 2.73 bits per heavy atom. The van der Waals surface area contributed by atoms with E-state index in [9.17, 15) is 14.4 Å². The van der Waals surface area contributed by atoms with Gasteiger partial charge in [-0.2, -0.15) is 0 Å². The quantitative estimate of drug-likeness (QED) is 0.791. The summed E-state index contributed by atoms with van der Waals surface area (Å²) < 4.78 is 4.84. The molecular weight excluding hydrogens is 284 g/mol. The lowest BCUT2D eigenvalue weighted by Crippen LogP contribution is -2.57. The maximum Gasteiger partial charge on any atom is 0.305 e. The third-order valence-electron chi connectivity index (χ3n) is 3.44. The molecule has 1 aliphatic heterocycles. The number of benzene rings is 1. The highest BCUT2D eigenvalue weighted by molar-refractivity contribution is 5.95. The third-order valence-corrected chi connectivity index (χ3v) is 3.44. The SMILES string of the molecule is CCOC(=O)CCC1NC(=O)CN(Cc2ccccc2)C1=O. The van der Waals surface area contributed by atoms with Crippen molar-refractivity contribution in [1.29, 1.82) is 0 Å². The van der Waals surface area contributed by atoms with Gasteiger partial charge in [-0.05, 0) is 18.9 Å². The molecule has 1 aliphatic rings. The van der Waals surface area contributed by atoms with Crippen molar-refractivity contribution in [3.05, 3.63) is 35.9 Å². The molecule has 1 heterocycles. The van der Waals surface area contributed by atoms with Gasteiger partial charge in [0, 0.05) is 13.0 Å². The number of hydrogen-bond acceptors (Lipinski definition) is 4. The van der Waals surface area contributed by atoms with Gasteiger partial charge in [0.05, 0.1) is 13.2 Å². The van der Waals surface area contributed by atoms with E-state index < -0.39 is 6.04 Å². The van der Waals surface area contributed by atoms with Gasteiger partial charge in [-0.25, -0.2) is 0 Å². The zero-order valence-electron chi connectivity index (χ0n) is 12.6. The lowest BCUT2D eigenvalue weighted by molar-refractivity contribution is -0.147. The molecule has 0 saturated carbocycles. The summed E-state index contributed by atoms with van der Waals surface area (Å²) in [6, 6.07) is 8.84. The Balaban J connectivity index is 1.96. The standard InChI is InChI=1S/C16H20N2O4/c1-2-22-15(20)9-8-13-16(21)18(11-14(19)17-13)10-12-6-4-3-5-7-12/h3-7,13H,2,8-11H2,1H3,(H,17,19).